The van der Waals surface area contributed by atoms with Crippen LogP contribution < -0.4 is 4.74 Å². The first-order valence-electron chi connectivity index (χ1n) is 6.03. The number of carbonyl (C=O) groups is 1. The molecule has 3 nitrogen and oxygen atoms in total. The summed E-state index contributed by atoms with van der Waals surface area (Å²) in [7, 11) is 0. The molecule has 0 aromatic heterocycles. The molecule has 2 aliphatic rings. The number of carbonyl (C=O) groups excluding carboxylic acids is 1. The topological polar surface area (TPSA) is 35.5 Å². The first-order chi connectivity index (χ1) is 8.20. The minimum Gasteiger partial charge on any atom is -0.493 e. The van der Waals surface area contributed by atoms with Gasteiger partial charge in [0.05, 0.1) is 19.8 Å². The third-order valence-corrected chi connectivity index (χ3v) is 3.65. The number of benzene rings is 1. The van der Waals surface area contributed by atoms with Crippen molar-refractivity contribution in [2.45, 2.75) is 25.2 Å². The van der Waals surface area contributed by atoms with Gasteiger partial charge in [0.15, 0.2) is 0 Å². The van der Waals surface area contributed by atoms with Gasteiger partial charge in [0.25, 0.3) is 0 Å². The Morgan fingerprint density at radius 3 is 2.88 bits per heavy atom. The maximum atomic E-state index is 11.4. The fourth-order valence-electron chi connectivity index (χ4n) is 2.71. The second-order valence-electron chi connectivity index (χ2n) is 5.07. The molecule has 1 fully saturated rings. The summed E-state index contributed by atoms with van der Waals surface area (Å²) in [6.07, 6.45) is 1.55. The third-order valence-electron chi connectivity index (χ3n) is 3.65. The number of hydrogen-bond acceptors (Lipinski definition) is 3. The summed E-state index contributed by atoms with van der Waals surface area (Å²) in [5.41, 5.74) is 2.41. The molecule has 0 amide bonds. The van der Waals surface area contributed by atoms with E-state index < -0.39 is 0 Å². The van der Waals surface area contributed by atoms with Crippen molar-refractivity contribution in [3.05, 3.63) is 29.3 Å². The highest BCUT2D eigenvalue weighted by Crippen LogP contribution is 2.38. The van der Waals surface area contributed by atoms with Gasteiger partial charge >= 0.3 is 0 Å². The van der Waals surface area contributed by atoms with E-state index in [1.165, 1.54) is 11.1 Å². The Bertz CT molecular complexity index is 461. The number of ether oxygens (including phenoxy) is 2. The molecule has 0 bridgehead atoms. The molecule has 1 aromatic rings. The molecule has 0 unspecified atom stereocenters. The highest BCUT2D eigenvalue weighted by atomic mass is 16.5. The molecule has 3 rings (SSSR count). The second kappa shape index (κ2) is 3.84. The molecule has 0 atom stereocenters. The average molecular weight is 232 g/mol. The molecule has 0 radical (unpaired) electrons. The van der Waals surface area contributed by atoms with E-state index >= 15 is 0 Å². The minimum atomic E-state index is -0.0799. The van der Waals surface area contributed by atoms with E-state index in [9.17, 15) is 4.79 Å². The van der Waals surface area contributed by atoms with E-state index in [1.54, 1.807) is 6.92 Å². The standard InChI is InChI=1S/C14H16O3/c1-10(15)7-14(8-16-9-14)12-2-3-13-11(6-12)4-5-17-13/h2-3,6H,4-5,7-9H2,1H3. The normalized spacial score (nSPS) is 20.3. The van der Waals surface area contributed by atoms with Crippen molar-refractivity contribution in [1.29, 1.82) is 0 Å². The lowest BCUT2D eigenvalue weighted by Gasteiger charge is -2.41. The first kappa shape index (κ1) is 10.8. The van der Waals surface area contributed by atoms with Gasteiger partial charge in [-0.2, -0.15) is 0 Å². The Labute approximate surface area is 101 Å². The smallest absolute Gasteiger partial charge is 0.130 e. The zero-order valence-electron chi connectivity index (χ0n) is 9.99. The van der Waals surface area contributed by atoms with Crippen LogP contribution in [0.15, 0.2) is 18.2 Å². The zero-order chi connectivity index (χ0) is 11.9. The molecule has 2 aliphatic heterocycles. The van der Waals surface area contributed by atoms with Gasteiger partial charge in [-0.15, -0.1) is 0 Å². The molecule has 0 N–H and O–H groups in total. The molecule has 0 spiro atoms. The monoisotopic (exact) mass is 232 g/mol. The SMILES string of the molecule is CC(=O)CC1(c2ccc3c(c2)CCO3)COC1. The molecule has 0 saturated carbocycles. The molecular weight excluding hydrogens is 216 g/mol. The van der Waals surface area contributed by atoms with E-state index in [2.05, 4.69) is 12.1 Å². The molecule has 17 heavy (non-hydrogen) atoms. The van der Waals surface area contributed by atoms with Gasteiger partial charge in [-0.1, -0.05) is 12.1 Å². The third kappa shape index (κ3) is 1.75. The van der Waals surface area contributed by atoms with Crippen LogP contribution in [0.2, 0.25) is 0 Å². The van der Waals surface area contributed by atoms with E-state index in [4.69, 9.17) is 9.47 Å². The minimum absolute atomic E-state index is 0.0799. The lowest BCUT2D eigenvalue weighted by Crippen LogP contribution is -2.48. The van der Waals surface area contributed by atoms with Gasteiger partial charge in [-0.05, 0) is 24.1 Å². The van der Waals surface area contributed by atoms with Crippen LogP contribution in [-0.4, -0.2) is 25.6 Å². The van der Waals surface area contributed by atoms with Crippen LogP contribution in [0.1, 0.15) is 24.5 Å². The number of Topliss-reactive ketones (excluding diaryl/α,β-unsaturated/α-hetero) is 1. The summed E-state index contributed by atoms with van der Waals surface area (Å²) in [5.74, 6) is 1.22. The van der Waals surface area contributed by atoms with Crippen molar-refractivity contribution in [3.8, 4) is 5.75 Å². The van der Waals surface area contributed by atoms with Crippen molar-refractivity contribution in [2.75, 3.05) is 19.8 Å². The van der Waals surface area contributed by atoms with E-state index in [1.807, 2.05) is 6.07 Å². The first-order valence-corrected chi connectivity index (χ1v) is 6.03. The molecule has 1 aromatic carbocycles. The van der Waals surface area contributed by atoms with Gasteiger partial charge in [0.1, 0.15) is 11.5 Å². The van der Waals surface area contributed by atoms with Crippen LogP contribution in [0.4, 0.5) is 0 Å². The molecule has 0 aliphatic carbocycles. The zero-order valence-corrected chi connectivity index (χ0v) is 9.99. The van der Waals surface area contributed by atoms with Crippen LogP contribution in [0.3, 0.4) is 0 Å². The highest BCUT2D eigenvalue weighted by Gasteiger charge is 2.41. The Morgan fingerprint density at radius 2 is 2.24 bits per heavy atom. The van der Waals surface area contributed by atoms with E-state index in [-0.39, 0.29) is 11.2 Å². The number of rotatable bonds is 3. The fraction of sp³-hybridized carbons (Fsp3) is 0.500. The second-order valence-corrected chi connectivity index (χ2v) is 5.07. The molecule has 3 heteroatoms. The van der Waals surface area contributed by atoms with Gasteiger partial charge < -0.3 is 9.47 Å². The average Bonchev–Trinajstić information content (AvgIpc) is 2.69. The predicted molar refractivity (Wildman–Crippen MR) is 63.4 cm³/mol. The van der Waals surface area contributed by atoms with Crippen LogP contribution in [-0.2, 0) is 21.4 Å². The molecular formula is C14H16O3. The summed E-state index contributed by atoms with van der Waals surface area (Å²) in [4.78, 5) is 11.4. The predicted octanol–water partition coefficient (Wildman–Crippen LogP) is 1.87. The molecule has 90 valence electrons. The quantitative estimate of drug-likeness (QED) is 0.798. The van der Waals surface area contributed by atoms with Gasteiger partial charge in [0.2, 0.25) is 0 Å². The fourth-order valence-corrected chi connectivity index (χ4v) is 2.71. The van der Waals surface area contributed by atoms with E-state index in [0.717, 1.165) is 18.8 Å². The number of hydrogen-bond donors (Lipinski definition) is 0. The van der Waals surface area contributed by atoms with Crippen molar-refractivity contribution in [1.82, 2.24) is 0 Å². The summed E-state index contributed by atoms with van der Waals surface area (Å²) < 4.78 is 10.8. The van der Waals surface area contributed by atoms with Crippen LogP contribution >= 0.6 is 0 Å². The van der Waals surface area contributed by atoms with Gasteiger partial charge in [0, 0.05) is 18.3 Å². The van der Waals surface area contributed by atoms with Crippen LogP contribution in [0.5, 0.6) is 5.75 Å². The number of fused-ring (bicyclic) bond motifs is 1. The summed E-state index contributed by atoms with van der Waals surface area (Å²) in [5, 5.41) is 0. The summed E-state index contributed by atoms with van der Waals surface area (Å²) in [6.45, 7) is 3.74. The Kier molecular flexibility index (Phi) is 2.44. The summed E-state index contributed by atoms with van der Waals surface area (Å²) in [6, 6.07) is 6.29. The van der Waals surface area contributed by atoms with Crippen molar-refractivity contribution >= 4 is 5.78 Å². The van der Waals surface area contributed by atoms with E-state index in [0.29, 0.717) is 19.6 Å². The maximum absolute atomic E-state index is 11.4. The Balaban J connectivity index is 1.94. The van der Waals surface area contributed by atoms with Gasteiger partial charge in [-0.25, -0.2) is 0 Å². The van der Waals surface area contributed by atoms with Crippen LogP contribution in [0.25, 0.3) is 0 Å². The van der Waals surface area contributed by atoms with Gasteiger partial charge in [-0.3, -0.25) is 4.79 Å². The highest BCUT2D eigenvalue weighted by molar-refractivity contribution is 5.77. The Morgan fingerprint density at radius 1 is 1.41 bits per heavy atom. The maximum Gasteiger partial charge on any atom is 0.130 e. The van der Waals surface area contributed by atoms with Crippen molar-refractivity contribution < 1.29 is 14.3 Å². The Hall–Kier alpha value is -1.35. The van der Waals surface area contributed by atoms with Crippen LogP contribution in [0, 0.1) is 0 Å². The lowest BCUT2D eigenvalue weighted by atomic mass is 9.74. The van der Waals surface area contributed by atoms with Crippen molar-refractivity contribution in [2.24, 2.45) is 0 Å². The number of ketones is 1. The largest absolute Gasteiger partial charge is 0.493 e. The molecule has 1 saturated heterocycles. The van der Waals surface area contributed by atoms with Crippen molar-refractivity contribution in [3.63, 3.8) is 0 Å². The molecule has 2 heterocycles. The summed E-state index contributed by atoms with van der Waals surface area (Å²) >= 11 is 0. The lowest BCUT2D eigenvalue weighted by molar-refractivity contribution is -0.125.